The average molecular weight is 326 g/mol. The Kier molecular flexibility index (Phi) is 5.86. The van der Waals surface area contributed by atoms with Crippen molar-refractivity contribution in [3.8, 4) is 0 Å². The summed E-state index contributed by atoms with van der Waals surface area (Å²) >= 11 is 3.49. The lowest BCUT2D eigenvalue weighted by molar-refractivity contribution is 0.0776. The third-order valence-corrected chi connectivity index (χ3v) is 4.54. The molecule has 0 radical (unpaired) electrons. The van der Waals surface area contributed by atoms with Crippen LogP contribution in [0.1, 0.15) is 32.3 Å². The van der Waals surface area contributed by atoms with Gasteiger partial charge in [-0.25, -0.2) is 0 Å². The summed E-state index contributed by atoms with van der Waals surface area (Å²) in [7, 11) is 0. The molecule has 3 atom stereocenters. The van der Waals surface area contributed by atoms with Crippen molar-refractivity contribution in [1.29, 1.82) is 0 Å². The summed E-state index contributed by atoms with van der Waals surface area (Å²) in [6.07, 6.45) is 3.82. The zero-order valence-electron chi connectivity index (χ0n) is 11.9. The lowest BCUT2D eigenvalue weighted by Gasteiger charge is -2.28. The van der Waals surface area contributed by atoms with E-state index < -0.39 is 0 Å². The highest BCUT2D eigenvalue weighted by Gasteiger charge is 2.33. The molecule has 0 saturated carbocycles. The second-order valence-corrected chi connectivity index (χ2v) is 6.18. The molecule has 0 spiro atoms. The summed E-state index contributed by atoms with van der Waals surface area (Å²) in [5.74, 6) is 0.647. The maximum atomic E-state index is 5.85. The fourth-order valence-corrected chi connectivity index (χ4v) is 3.32. The molecule has 1 fully saturated rings. The van der Waals surface area contributed by atoms with Crippen LogP contribution in [0, 0.1) is 5.92 Å². The zero-order chi connectivity index (χ0) is 13.7. The Hall–Kier alpha value is -0.380. The molecule has 1 aromatic rings. The van der Waals surface area contributed by atoms with Crippen LogP contribution >= 0.6 is 15.9 Å². The largest absolute Gasteiger partial charge is 0.378 e. The molecular weight excluding hydrogens is 302 g/mol. The van der Waals surface area contributed by atoms with Crippen LogP contribution in [-0.2, 0) is 11.2 Å². The number of hydrogen-bond acceptors (Lipinski definition) is 2. The van der Waals surface area contributed by atoms with Crippen LogP contribution in [0.2, 0.25) is 0 Å². The quantitative estimate of drug-likeness (QED) is 0.859. The van der Waals surface area contributed by atoms with Crippen LogP contribution in [0.4, 0.5) is 0 Å². The Morgan fingerprint density at radius 2 is 2.05 bits per heavy atom. The van der Waals surface area contributed by atoms with Gasteiger partial charge in [0.2, 0.25) is 0 Å². The predicted molar refractivity (Wildman–Crippen MR) is 83.4 cm³/mol. The van der Waals surface area contributed by atoms with E-state index in [1.165, 1.54) is 12.0 Å². The first-order valence-electron chi connectivity index (χ1n) is 7.34. The maximum absolute atomic E-state index is 5.85. The molecule has 1 heterocycles. The molecule has 0 bridgehead atoms. The van der Waals surface area contributed by atoms with Crippen LogP contribution in [0.15, 0.2) is 28.7 Å². The molecule has 0 aromatic heterocycles. The van der Waals surface area contributed by atoms with Gasteiger partial charge in [-0.05, 0) is 43.5 Å². The van der Waals surface area contributed by atoms with Crippen LogP contribution in [0.25, 0.3) is 0 Å². The van der Waals surface area contributed by atoms with E-state index in [2.05, 4.69) is 59.4 Å². The Bertz CT molecular complexity index is 379. The highest BCUT2D eigenvalue weighted by molar-refractivity contribution is 9.10. The molecule has 2 rings (SSSR count). The second kappa shape index (κ2) is 7.41. The van der Waals surface area contributed by atoms with Gasteiger partial charge in [0, 0.05) is 23.0 Å². The van der Waals surface area contributed by atoms with Gasteiger partial charge in [0.05, 0.1) is 6.10 Å². The lowest BCUT2D eigenvalue weighted by atomic mass is 9.87. The van der Waals surface area contributed by atoms with E-state index >= 15 is 0 Å². The van der Waals surface area contributed by atoms with Crippen molar-refractivity contribution in [3.05, 3.63) is 34.3 Å². The van der Waals surface area contributed by atoms with Crippen LogP contribution in [0.3, 0.4) is 0 Å². The van der Waals surface area contributed by atoms with Gasteiger partial charge in [0.1, 0.15) is 0 Å². The number of hydrogen-bond donors (Lipinski definition) is 1. The molecule has 1 N–H and O–H groups in total. The standard InChI is InChI=1S/C16H24BrNO/c1-3-16-14(9-10-19-16)15(18-4-2)11-12-5-7-13(17)8-6-12/h5-8,14-16,18H,3-4,9-11H2,1-2H3. The van der Waals surface area contributed by atoms with Gasteiger partial charge in [-0.1, -0.05) is 41.9 Å². The normalized spacial score (nSPS) is 24.6. The summed E-state index contributed by atoms with van der Waals surface area (Å²) in [6.45, 7) is 6.36. The molecule has 3 unspecified atom stereocenters. The fraction of sp³-hybridized carbons (Fsp3) is 0.625. The smallest absolute Gasteiger partial charge is 0.0616 e. The third-order valence-electron chi connectivity index (χ3n) is 4.02. The SMILES string of the molecule is CCNC(Cc1ccc(Br)cc1)C1CCOC1CC. The predicted octanol–water partition coefficient (Wildman–Crippen LogP) is 3.78. The minimum atomic E-state index is 0.430. The van der Waals surface area contributed by atoms with E-state index in [1.54, 1.807) is 0 Å². The summed E-state index contributed by atoms with van der Waals surface area (Å²) in [6, 6.07) is 9.21. The summed E-state index contributed by atoms with van der Waals surface area (Å²) < 4.78 is 7.00. The van der Waals surface area contributed by atoms with E-state index in [0.717, 1.165) is 30.5 Å². The Labute approximate surface area is 125 Å². The van der Waals surface area contributed by atoms with Crippen molar-refractivity contribution < 1.29 is 4.74 Å². The minimum absolute atomic E-state index is 0.430. The lowest BCUT2D eigenvalue weighted by Crippen LogP contribution is -2.41. The Balaban J connectivity index is 2.04. The fourth-order valence-electron chi connectivity index (χ4n) is 3.06. The van der Waals surface area contributed by atoms with Crippen molar-refractivity contribution in [2.24, 2.45) is 5.92 Å². The zero-order valence-corrected chi connectivity index (χ0v) is 13.4. The van der Waals surface area contributed by atoms with Crippen molar-refractivity contribution in [2.75, 3.05) is 13.2 Å². The molecule has 0 amide bonds. The Morgan fingerprint density at radius 1 is 1.32 bits per heavy atom. The molecule has 1 aliphatic rings. The molecule has 2 nitrogen and oxygen atoms in total. The van der Waals surface area contributed by atoms with Gasteiger partial charge in [0.15, 0.2) is 0 Å². The minimum Gasteiger partial charge on any atom is -0.378 e. The maximum Gasteiger partial charge on any atom is 0.0616 e. The number of halogens is 1. The van der Waals surface area contributed by atoms with Crippen molar-refractivity contribution >= 4 is 15.9 Å². The first-order valence-corrected chi connectivity index (χ1v) is 8.13. The third kappa shape index (κ3) is 4.04. The monoisotopic (exact) mass is 325 g/mol. The number of benzene rings is 1. The van der Waals surface area contributed by atoms with Gasteiger partial charge in [-0.2, -0.15) is 0 Å². The number of nitrogens with one attached hydrogen (secondary N) is 1. The first kappa shape index (κ1) is 15.0. The highest BCUT2D eigenvalue weighted by atomic mass is 79.9. The van der Waals surface area contributed by atoms with Gasteiger partial charge >= 0.3 is 0 Å². The number of ether oxygens (including phenoxy) is 1. The molecule has 1 saturated heterocycles. The molecule has 1 aromatic carbocycles. The van der Waals surface area contributed by atoms with Gasteiger partial charge < -0.3 is 10.1 Å². The second-order valence-electron chi connectivity index (χ2n) is 5.26. The van der Waals surface area contributed by atoms with Gasteiger partial charge in [-0.15, -0.1) is 0 Å². The van der Waals surface area contributed by atoms with E-state index in [0.29, 0.717) is 18.1 Å². The summed E-state index contributed by atoms with van der Waals surface area (Å²) in [5, 5.41) is 3.66. The van der Waals surface area contributed by atoms with E-state index in [4.69, 9.17) is 4.74 Å². The molecule has 106 valence electrons. The van der Waals surface area contributed by atoms with E-state index in [1.807, 2.05) is 0 Å². The molecular formula is C16H24BrNO. The summed E-state index contributed by atoms with van der Waals surface area (Å²) in [4.78, 5) is 0. The van der Waals surface area contributed by atoms with E-state index in [9.17, 15) is 0 Å². The van der Waals surface area contributed by atoms with Crippen molar-refractivity contribution in [2.45, 2.75) is 45.3 Å². The topological polar surface area (TPSA) is 21.3 Å². The molecule has 3 heteroatoms. The average Bonchev–Trinajstić information content (AvgIpc) is 2.89. The Morgan fingerprint density at radius 3 is 2.68 bits per heavy atom. The van der Waals surface area contributed by atoms with Gasteiger partial charge in [-0.3, -0.25) is 0 Å². The highest BCUT2D eigenvalue weighted by Crippen LogP contribution is 2.28. The van der Waals surface area contributed by atoms with Crippen molar-refractivity contribution in [3.63, 3.8) is 0 Å². The molecule has 1 aliphatic heterocycles. The van der Waals surface area contributed by atoms with Crippen LogP contribution < -0.4 is 5.32 Å². The number of rotatable bonds is 6. The van der Waals surface area contributed by atoms with Crippen LogP contribution in [-0.4, -0.2) is 25.3 Å². The van der Waals surface area contributed by atoms with Crippen molar-refractivity contribution in [1.82, 2.24) is 5.32 Å². The molecule has 0 aliphatic carbocycles. The molecule has 19 heavy (non-hydrogen) atoms. The van der Waals surface area contributed by atoms with Crippen LogP contribution in [0.5, 0.6) is 0 Å². The number of likely N-dealkylation sites (N-methyl/N-ethyl adjacent to an activating group) is 1. The first-order chi connectivity index (χ1) is 9.24. The van der Waals surface area contributed by atoms with Gasteiger partial charge in [0.25, 0.3) is 0 Å². The van der Waals surface area contributed by atoms with E-state index in [-0.39, 0.29) is 0 Å². The summed E-state index contributed by atoms with van der Waals surface area (Å²) in [5.41, 5.74) is 1.40.